The fourth-order valence-electron chi connectivity index (χ4n) is 2.51. The van der Waals surface area contributed by atoms with E-state index >= 15 is 0 Å². The van der Waals surface area contributed by atoms with E-state index in [0.717, 1.165) is 43.6 Å². The van der Waals surface area contributed by atoms with Gasteiger partial charge in [-0.25, -0.2) is 0 Å². The summed E-state index contributed by atoms with van der Waals surface area (Å²) in [5, 5.41) is 3.01. The van der Waals surface area contributed by atoms with Crippen LogP contribution >= 0.6 is 0 Å². The Morgan fingerprint density at radius 1 is 1.24 bits per heavy atom. The van der Waals surface area contributed by atoms with Crippen LogP contribution in [0.25, 0.3) is 0 Å². The predicted octanol–water partition coefficient (Wildman–Crippen LogP) is 0.946. The maximum atomic E-state index is 12.1. The number of ether oxygens (including phenoxy) is 1. The SMILES string of the molecule is CC(C)N1CCC(C(=O)NCCOCC[N+](C)(C)C)CC1. The fraction of sp³-hybridized carbons (Fsp3) is 0.938. The highest BCUT2D eigenvalue weighted by Gasteiger charge is 2.25. The quantitative estimate of drug-likeness (QED) is 0.536. The summed E-state index contributed by atoms with van der Waals surface area (Å²) in [4.78, 5) is 14.5. The van der Waals surface area contributed by atoms with E-state index in [9.17, 15) is 4.79 Å². The third-order valence-corrected chi connectivity index (χ3v) is 4.08. The van der Waals surface area contributed by atoms with Crippen LogP contribution in [0.2, 0.25) is 0 Å². The van der Waals surface area contributed by atoms with E-state index in [4.69, 9.17) is 4.74 Å². The summed E-state index contributed by atoms with van der Waals surface area (Å²) in [5.41, 5.74) is 0. The van der Waals surface area contributed by atoms with Crippen LogP contribution in [0.1, 0.15) is 26.7 Å². The van der Waals surface area contributed by atoms with E-state index in [0.29, 0.717) is 19.2 Å². The number of likely N-dealkylation sites (N-methyl/N-ethyl adjacent to an activating group) is 1. The Balaban J connectivity index is 2.07. The summed E-state index contributed by atoms with van der Waals surface area (Å²) in [6, 6.07) is 0.587. The normalized spacial score (nSPS) is 18.2. The molecule has 0 atom stereocenters. The molecule has 124 valence electrons. The smallest absolute Gasteiger partial charge is 0.223 e. The molecule has 1 aliphatic rings. The average Bonchev–Trinajstić information content (AvgIpc) is 2.41. The summed E-state index contributed by atoms with van der Waals surface area (Å²) in [5.74, 6) is 0.389. The van der Waals surface area contributed by atoms with Crippen molar-refractivity contribution in [2.24, 2.45) is 5.92 Å². The molecule has 1 saturated heterocycles. The largest absolute Gasteiger partial charge is 0.374 e. The summed E-state index contributed by atoms with van der Waals surface area (Å²) in [6.07, 6.45) is 1.96. The Morgan fingerprint density at radius 3 is 2.38 bits per heavy atom. The highest BCUT2D eigenvalue weighted by Crippen LogP contribution is 2.18. The molecule has 21 heavy (non-hydrogen) atoms. The highest BCUT2D eigenvalue weighted by atomic mass is 16.5. The number of amides is 1. The van der Waals surface area contributed by atoms with Crippen molar-refractivity contribution in [1.82, 2.24) is 10.2 Å². The maximum Gasteiger partial charge on any atom is 0.223 e. The van der Waals surface area contributed by atoms with Crippen LogP contribution in [0, 0.1) is 5.92 Å². The number of nitrogens with zero attached hydrogens (tertiary/aromatic N) is 2. The van der Waals surface area contributed by atoms with Crippen LogP contribution in [0.5, 0.6) is 0 Å². The molecule has 1 amide bonds. The lowest BCUT2D eigenvalue weighted by molar-refractivity contribution is -0.870. The molecule has 1 aliphatic heterocycles. The minimum absolute atomic E-state index is 0.186. The molecule has 1 heterocycles. The number of rotatable bonds is 8. The summed E-state index contributed by atoms with van der Waals surface area (Å²) in [7, 11) is 6.44. The van der Waals surface area contributed by atoms with Gasteiger partial charge in [0.25, 0.3) is 0 Å². The van der Waals surface area contributed by atoms with Crippen molar-refractivity contribution in [1.29, 1.82) is 0 Å². The van der Waals surface area contributed by atoms with Gasteiger partial charge >= 0.3 is 0 Å². The van der Waals surface area contributed by atoms with E-state index in [1.807, 2.05) is 0 Å². The number of carbonyl (C=O) groups excluding carboxylic acids is 1. The van der Waals surface area contributed by atoms with Crippen molar-refractivity contribution in [2.75, 3.05) is 60.5 Å². The first-order chi connectivity index (χ1) is 9.79. The first-order valence-corrected chi connectivity index (χ1v) is 8.19. The van der Waals surface area contributed by atoms with E-state index < -0.39 is 0 Å². The van der Waals surface area contributed by atoms with Crippen molar-refractivity contribution in [2.45, 2.75) is 32.7 Å². The molecule has 0 unspecified atom stereocenters. The number of carbonyl (C=O) groups is 1. The maximum absolute atomic E-state index is 12.1. The van der Waals surface area contributed by atoms with E-state index in [2.05, 4.69) is 45.2 Å². The van der Waals surface area contributed by atoms with Crippen molar-refractivity contribution in [3.63, 3.8) is 0 Å². The van der Waals surface area contributed by atoms with Gasteiger partial charge in [0.05, 0.1) is 34.4 Å². The van der Waals surface area contributed by atoms with Gasteiger partial charge in [0, 0.05) is 18.5 Å². The van der Waals surface area contributed by atoms with Gasteiger partial charge in [-0.15, -0.1) is 0 Å². The second-order valence-corrected chi connectivity index (χ2v) is 7.32. The van der Waals surface area contributed by atoms with Crippen LogP contribution in [-0.2, 0) is 9.53 Å². The van der Waals surface area contributed by atoms with E-state index in [-0.39, 0.29) is 11.8 Å². The molecule has 5 nitrogen and oxygen atoms in total. The first-order valence-electron chi connectivity index (χ1n) is 8.19. The lowest BCUT2D eigenvalue weighted by Crippen LogP contribution is -2.43. The molecule has 0 aromatic carbocycles. The van der Waals surface area contributed by atoms with Crippen molar-refractivity contribution in [3.8, 4) is 0 Å². The zero-order chi connectivity index (χ0) is 15.9. The number of likely N-dealkylation sites (tertiary alicyclic amines) is 1. The van der Waals surface area contributed by atoms with E-state index in [1.54, 1.807) is 0 Å². The first kappa shape index (κ1) is 18.4. The minimum Gasteiger partial charge on any atom is -0.374 e. The summed E-state index contributed by atoms with van der Waals surface area (Å²) >= 11 is 0. The molecule has 0 spiro atoms. The number of hydrogen-bond donors (Lipinski definition) is 1. The second-order valence-electron chi connectivity index (χ2n) is 7.32. The van der Waals surface area contributed by atoms with Crippen LogP contribution in [0.3, 0.4) is 0 Å². The Bertz CT molecular complexity index is 305. The van der Waals surface area contributed by atoms with Gasteiger partial charge in [0.2, 0.25) is 5.91 Å². The van der Waals surface area contributed by atoms with Gasteiger partial charge < -0.3 is 19.4 Å². The Hall–Kier alpha value is -0.650. The number of hydrogen-bond acceptors (Lipinski definition) is 3. The topological polar surface area (TPSA) is 41.6 Å². The van der Waals surface area contributed by atoms with Gasteiger partial charge in [-0.2, -0.15) is 0 Å². The van der Waals surface area contributed by atoms with Crippen molar-refractivity contribution >= 4 is 5.91 Å². The number of nitrogens with one attached hydrogen (secondary N) is 1. The molecule has 1 N–H and O–H groups in total. The molecular formula is C16H34N3O2+. The van der Waals surface area contributed by atoms with Crippen molar-refractivity contribution in [3.05, 3.63) is 0 Å². The summed E-state index contributed by atoms with van der Waals surface area (Å²) in [6.45, 7) is 9.47. The van der Waals surface area contributed by atoms with Gasteiger partial charge in [0.15, 0.2) is 0 Å². The standard InChI is InChI=1S/C16H33N3O2/c1-14(2)18-9-6-15(7-10-18)16(20)17-8-12-21-13-11-19(3,4)5/h14-15H,6-13H2,1-5H3/p+1. The lowest BCUT2D eigenvalue weighted by atomic mass is 9.95. The number of quaternary nitrogens is 1. The molecule has 0 saturated carbocycles. The second kappa shape index (κ2) is 8.71. The molecule has 0 bridgehead atoms. The molecule has 0 radical (unpaired) electrons. The number of piperidine rings is 1. The molecule has 0 aromatic heterocycles. The lowest BCUT2D eigenvalue weighted by Gasteiger charge is -2.33. The zero-order valence-electron chi connectivity index (χ0n) is 14.5. The third kappa shape index (κ3) is 7.79. The minimum atomic E-state index is 0.186. The molecule has 0 aromatic rings. The fourth-order valence-corrected chi connectivity index (χ4v) is 2.51. The van der Waals surface area contributed by atoms with Gasteiger partial charge in [-0.05, 0) is 39.8 Å². The monoisotopic (exact) mass is 300 g/mol. The van der Waals surface area contributed by atoms with Gasteiger partial charge in [-0.1, -0.05) is 0 Å². The Labute approximate surface area is 130 Å². The average molecular weight is 300 g/mol. The van der Waals surface area contributed by atoms with E-state index in [1.165, 1.54) is 0 Å². The highest BCUT2D eigenvalue weighted by molar-refractivity contribution is 5.78. The van der Waals surface area contributed by atoms with Crippen LogP contribution in [-0.4, -0.2) is 81.9 Å². The van der Waals surface area contributed by atoms with Crippen molar-refractivity contribution < 1.29 is 14.0 Å². The van der Waals surface area contributed by atoms with Crippen LogP contribution in [0.15, 0.2) is 0 Å². The zero-order valence-corrected chi connectivity index (χ0v) is 14.5. The molecule has 0 aliphatic carbocycles. The Morgan fingerprint density at radius 2 is 1.86 bits per heavy atom. The van der Waals surface area contributed by atoms with Gasteiger partial charge in [0.1, 0.15) is 6.54 Å². The molecule has 1 fully saturated rings. The summed E-state index contributed by atoms with van der Waals surface area (Å²) < 4.78 is 6.46. The Kier molecular flexibility index (Phi) is 7.63. The third-order valence-electron chi connectivity index (χ3n) is 4.08. The van der Waals surface area contributed by atoms with Crippen LogP contribution in [0.4, 0.5) is 0 Å². The molecule has 1 rings (SSSR count). The predicted molar refractivity (Wildman–Crippen MR) is 86.2 cm³/mol. The molecular weight excluding hydrogens is 266 g/mol. The molecule has 5 heteroatoms. The van der Waals surface area contributed by atoms with Crippen LogP contribution < -0.4 is 5.32 Å². The van der Waals surface area contributed by atoms with Gasteiger partial charge in [-0.3, -0.25) is 4.79 Å².